The van der Waals surface area contributed by atoms with Crippen molar-refractivity contribution in [2.24, 2.45) is 0 Å². The molecular formula is C48H46N6O6. The predicted octanol–water partition coefficient (Wildman–Crippen LogP) is 8.75. The molecule has 6 aromatic rings. The highest BCUT2D eigenvalue weighted by Crippen LogP contribution is 2.28. The first-order valence-corrected chi connectivity index (χ1v) is 20.2. The van der Waals surface area contributed by atoms with Crippen molar-refractivity contribution in [3.05, 3.63) is 168 Å². The van der Waals surface area contributed by atoms with Gasteiger partial charge < -0.3 is 39.9 Å². The van der Waals surface area contributed by atoms with Gasteiger partial charge in [0.05, 0.1) is 36.7 Å². The number of benzene rings is 4. The summed E-state index contributed by atoms with van der Waals surface area (Å²) >= 11 is 0. The molecule has 12 heteroatoms. The number of amides is 4. The first kappa shape index (κ1) is 39.5. The van der Waals surface area contributed by atoms with E-state index in [1.807, 2.05) is 121 Å². The third-order valence-corrected chi connectivity index (χ3v) is 10.8. The van der Waals surface area contributed by atoms with E-state index < -0.39 is 12.1 Å². The number of hydrogen-bond acceptors (Lipinski definition) is 8. The maximum Gasteiger partial charge on any atom is 0.256 e. The van der Waals surface area contributed by atoms with Crippen LogP contribution in [-0.4, -0.2) is 58.6 Å². The third-order valence-electron chi connectivity index (χ3n) is 10.8. The maximum absolute atomic E-state index is 13.7. The summed E-state index contributed by atoms with van der Waals surface area (Å²) in [5.74, 6) is 0.700. The van der Waals surface area contributed by atoms with E-state index in [1.54, 1.807) is 34.5 Å². The first-order chi connectivity index (χ1) is 29.4. The second-order valence-corrected chi connectivity index (χ2v) is 14.8. The molecule has 12 nitrogen and oxygen atoms in total. The summed E-state index contributed by atoms with van der Waals surface area (Å²) < 4.78 is 10.8. The van der Waals surface area contributed by atoms with Gasteiger partial charge >= 0.3 is 0 Å². The van der Waals surface area contributed by atoms with Crippen molar-refractivity contribution < 1.29 is 28.0 Å². The molecule has 60 heavy (non-hydrogen) atoms. The number of para-hydroxylation sites is 2. The zero-order valence-electron chi connectivity index (χ0n) is 33.0. The number of anilines is 4. The Morgan fingerprint density at radius 2 is 0.950 bits per heavy atom. The van der Waals surface area contributed by atoms with Gasteiger partial charge in [0.25, 0.3) is 11.8 Å². The monoisotopic (exact) mass is 802 g/mol. The number of likely N-dealkylation sites (tertiary alicyclic amines) is 2. The van der Waals surface area contributed by atoms with E-state index in [1.165, 1.54) is 0 Å². The molecule has 0 spiro atoms. The Morgan fingerprint density at radius 3 is 1.35 bits per heavy atom. The zero-order valence-corrected chi connectivity index (χ0v) is 33.0. The van der Waals surface area contributed by atoms with Gasteiger partial charge in [0.15, 0.2) is 0 Å². The Labute approximate surface area is 348 Å². The van der Waals surface area contributed by atoms with Crippen LogP contribution in [0.15, 0.2) is 143 Å². The van der Waals surface area contributed by atoms with Crippen LogP contribution in [0, 0.1) is 0 Å². The topological polar surface area (TPSA) is 149 Å². The molecule has 4 amide bonds. The van der Waals surface area contributed by atoms with E-state index >= 15 is 0 Å². The highest BCUT2D eigenvalue weighted by Gasteiger charge is 2.36. The van der Waals surface area contributed by atoms with Gasteiger partial charge in [-0.2, -0.15) is 0 Å². The molecule has 0 aliphatic carbocycles. The standard InChI is InChI=1S/C48H46N6O6/c55-45(43-15-5-27-53(43)47(57)39-11-1-3-13-41(39)49-31-37-9-7-29-59-37)51-35-23-19-33(20-24-35)17-18-34-21-25-36(26-22-34)52-46(56)44-16-6-28-54(44)48(58)40-12-2-4-14-42(40)50-32-38-10-8-30-60-38/h1-4,7-14,17-26,29-30,43-44,49-50H,5-6,15-16,27-28,31-32H2,(H,51,55)(H,52,56)/b18-17+/t43-,44-/m0/s1. The van der Waals surface area contributed by atoms with Crippen molar-refractivity contribution in [1.29, 1.82) is 0 Å². The van der Waals surface area contributed by atoms with Crippen molar-refractivity contribution >= 4 is 58.5 Å². The van der Waals surface area contributed by atoms with Crippen molar-refractivity contribution in [3.8, 4) is 0 Å². The quantitative estimate of drug-likeness (QED) is 0.0800. The van der Waals surface area contributed by atoms with Crippen LogP contribution in [0.3, 0.4) is 0 Å². The lowest BCUT2D eigenvalue weighted by Gasteiger charge is -2.25. The Kier molecular flexibility index (Phi) is 12.2. The van der Waals surface area contributed by atoms with Crippen LogP contribution in [-0.2, 0) is 22.7 Å². The van der Waals surface area contributed by atoms with Crippen LogP contribution in [0.1, 0.15) is 69.0 Å². The number of rotatable bonds is 14. The molecule has 2 aliphatic heterocycles. The van der Waals surface area contributed by atoms with E-state index in [2.05, 4.69) is 21.3 Å². The van der Waals surface area contributed by atoms with Gasteiger partial charge in [0.1, 0.15) is 23.6 Å². The summed E-state index contributed by atoms with van der Waals surface area (Å²) in [6.45, 7) is 1.88. The third kappa shape index (κ3) is 9.34. The molecule has 2 aromatic heterocycles. The summed E-state index contributed by atoms with van der Waals surface area (Å²) in [4.78, 5) is 57.7. The number of carbonyl (C=O) groups is 4. The lowest BCUT2D eigenvalue weighted by atomic mass is 10.1. The van der Waals surface area contributed by atoms with Crippen molar-refractivity contribution in [2.45, 2.75) is 50.9 Å². The smallest absolute Gasteiger partial charge is 0.256 e. The van der Waals surface area contributed by atoms with Gasteiger partial charge in [0, 0.05) is 35.8 Å². The van der Waals surface area contributed by atoms with E-state index in [0.717, 1.165) is 35.5 Å². The van der Waals surface area contributed by atoms with Gasteiger partial charge in [-0.3, -0.25) is 19.2 Å². The Morgan fingerprint density at radius 1 is 0.533 bits per heavy atom. The molecule has 4 N–H and O–H groups in total. The van der Waals surface area contributed by atoms with Gasteiger partial charge in [-0.1, -0.05) is 60.7 Å². The fraction of sp³-hybridized carbons (Fsp3) is 0.208. The molecule has 2 atom stereocenters. The number of nitrogens with zero attached hydrogens (tertiary/aromatic N) is 2. The molecule has 0 bridgehead atoms. The highest BCUT2D eigenvalue weighted by molar-refractivity contribution is 6.05. The predicted molar refractivity (Wildman–Crippen MR) is 232 cm³/mol. The fourth-order valence-electron chi connectivity index (χ4n) is 7.71. The average Bonchev–Trinajstić information content (AvgIpc) is 4.14. The molecule has 4 aromatic carbocycles. The maximum atomic E-state index is 13.7. The number of nitrogens with one attached hydrogen (secondary N) is 4. The van der Waals surface area contributed by atoms with Crippen LogP contribution >= 0.6 is 0 Å². The van der Waals surface area contributed by atoms with Gasteiger partial charge in [-0.05, 0) is 110 Å². The van der Waals surface area contributed by atoms with Crippen molar-refractivity contribution in [3.63, 3.8) is 0 Å². The fourth-order valence-corrected chi connectivity index (χ4v) is 7.71. The molecule has 2 fully saturated rings. The van der Waals surface area contributed by atoms with Gasteiger partial charge in [-0.25, -0.2) is 0 Å². The lowest BCUT2D eigenvalue weighted by molar-refractivity contribution is -0.120. The SMILES string of the molecule is O=C(Nc1ccc(/C=C/c2ccc(NC(=O)[C@@H]3CCCN3C(=O)c3ccccc3NCc3ccco3)cc2)cc1)[C@@H]1CCCN1C(=O)c1ccccc1NCc1ccco1. The van der Waals surface area contributed by atoms with E-state index in [-0.39, 0.29) is 23.6 Å². The molecule has 0 saturated carbocycles. The largest absolute Gasteiger partial charge is 0.467 e. The molecule has 0 unspecified atom stereocenters. The molecule has 304 valence electrons. The zero-order chi connectivity index (χ0) is 41.3. The summed E-state index contributed by atoms with van der Waals surface area (Å²) in [6.07, 6.45) is 9.82. The molecule has 8 rings (SSSR count). The number of hydrogen-bond donors (Lipinski definition) is 4. The van der Waals surface area contributed by atoms with Crippen LogP contribution in [0.4, 0.5) is 22.7 Å². The minimum atomic E-state index is -0.578. The average molecular weight is 803 g/mol. The highest BCUT2D eigenvalue weighted by atomic mass is 16.3. The van der Waals surface area contributed by atoms with Crippen molar-refractivity contribution in [1.82, 2.24) is 9.80 Å². The van der Waals surface area contributed by atoms with Gasteiger partial charge in [0.2, 0.25) is 11.8 Å². The number of furan rings is 2. The normalized spacial score (nSPS) is 16.2. The molecular weight excluding hydrogens is 757 g/mol. The first-order valence-electron chi connectivity index (χ1n) is 20.2. The van der Waals surface area contributed by atoms with Crippen LogP contribution in [0.25, 0.3) is 12.2 Å². The Bertz CT molecular complexity index is 2270. The van der Waals surface area contributed by atoms with E-state index in [9.17, 15) is 19.2 Å². The summed E-state index contributed by atoms with van der Waals surface area (Å²) in [5, 5.41) is 12.6. The lowest BCUT2D eigenvalue weighted by Crippen LogP contribution is -2.43. The summed E-state index contributed by atoms with van der Waals surface area (Å²) in [7, 11) is 0. The van der Waals surface area contributed by atoms with E-state index in [4.69, 9.17) is 8.83 Å². The second-order valence-electron chi connectivity index (χ2n) is 14.8. The summed E-state index contributed by atoms with van der Waals surface area (Å²) in [5.41, 5.74) is 5.55. The van der Waals surface area contributed by atoms with Crippen LogP contribution in [0.5, 0.6) is 0 Å². The minimum Gasteiger partial charge on any atom is -0.467 e. The Balaban J connectivity index is 0.830. The Hall–Kier alpha value is -7.34. The van der Waals surface area contributed by atoms with Crippen LogP contribution < -0.4 is 21.3 Å². The minimum absolute atomic E-state index is 0.188. The molecule has 4 heterocycles. The van der Waals surface area contributed by atoms with Crippen molar-refractivity contribution in [2.75, 3.05) is 34.4 Å². The molecule has 2 aliphatic rings. The molecule has 2 saturated heterocycles. The van der Waals surface area contributed by atoms with E-state index in [0.29, 0.717) is 72.9 Å². The van der Waals surface area contributed by atoms with Gasteiger partial charge in [-0.15, -0.1) is 0 Å². The van der Waals surface area contributed by atoms with Crippen LogP contribution in [0.2, 0.25) is 0 Å². The molecule has 0 radical (unpaired) electrons. The number of carbonyl (C=O) groups excluding carboxylic acids is 4. The summed E-state index contributed by atoms with van der Waals surface area (Å²) in [6, 6.07) is 35.9. The second kappa shape index (κ2) is 18.5.